The molecule has 0 aliphatic carbocycles. The van der Waals surface area contributed by atoms with Crippen LogP contribution in [0.25, 0.3) is 6.08 Å². The van der Waals surface area contributed by atoms with Gasteiger partial charge >= 0.3 is 5.97 Å². The quantitative estimate of drug-likeness (QED) is 0.282. The SMILES string of the molecule is COc1ccc([C@@H]2C(C(=O)OC(C)C)=C(C)N=c3s/c(=C/c4ccc(OCc5ccccc5C#N)cc4)c(=O)n32)cc1. The summed E-state index contributed by atoms with van der Waals surface area (Å²) in [7, 11) is 1.58. The van der Waals surface area contributed by atoms with Gasteiger partial charge in [0.05, 0.1) is 46.7 Å². The third-order valence-electron chi connectivity index (χ3n) is 6.73. The lowest BCUT2D eigenvalue weighted by Crippen LogP contribution is -2.40. The lowest BCUT2D eigenvalue weighted by molar-refractivity contribution is -0.143. The standard InChI is InChI=1S/C33H29N3O5S/c1-20(2)41-32(38)29-21(3)35-33-36(30(29)23-11-15-26(39-4)16-12-23)31(37)28(42-33)17-22-9-13-27(14-10-22)40-19-25-8-6-5-7-24(25)18-34/h5-17,20,30H,19H2,1-4H3/b28-17+/t30-/m1/s1. The summed E-state index contributed by atoms with van der Waals surface area (Å²) in [5, 5.41) is 9.30. The Morgan fingerprint density at radius 1 is 1.07 bits per heavy atom. The second-order valence-electron chi connectivity index (χ2n) is 9.94. The van der Waals surface area contributed by atoms with Crippen molar-refractivity contribution in [1.29, 1.82) is 5.26 Å². The first kappa shape index (κ1) is 28.6. The van der Waals surface area contributed by atoms with E-state index in [0.29, 0.717) is 37.7 Å². The minimum atomic E-state index is -0.701. The van der Waals surface area contributed by atoms with Crippen molar-refractivity contribution in [3.05, 3.63) is 126 Å². The topological polar surface area (TPSA) is 103 Å². The highest BCUT2D eigenvalue weighted by Gasteiger charge is 2.33. The van der Waals surface area contributed by atoms with Crippen LogP contribution in [0.15, 0.2) is 93.9 Å². The maximum absolute atomic E-state index is 13.8. The van der Waals surface area contributed by atoms with Crippen LogP contribution >= 0.6 is 11.3 Å². The highest BCUT2D eigenvalue weighted by Crippen LogP contribution is 2.32. The van der Waals surface area contributed by atoms with Crippen molar-refractivity contribution < 1.29 is 19.0 Å². The van der Waals surface area contributed by atoms with Crippen molar-refractivity contribution in [2.75, 3.05) is 7.11 Å². The molecule has 212 valence electrons. The summed E-state index contributed by atoms with van der Waals surface area (Å²) in [6.45, 7) is 5.60. The molecule has 3 aromatic carbocycles. The van der Waals surface area contributed by atoms with E-state index in [4.69, 9.17) is 14.2 Å². The van der Waals surface area contributed by atoms with Gasteiger partial charge in [-0.1, -0.05) is 53.8 Å². The van der Waals surface area contributed by atoms with Crippen molar-refractivity contribution in [3.8, 4) is 17.6 Å². The smallest absolute Gasteiger partial charge is 0.338 e. The summed E-state index contributed by atoms with van der Waals surface area (Å²) < 4.78 is 18.8. The number of carbonyl (C=O) groups is 1. The number of thiazole rings is 1. The summed E-state index contributed by atoms with van der Waals surface area (Å²) in [5.41, 5.74) is 3.52. The predicted molar refractivity (Wildman–Crippen MR) is 160 cm³/mol. The summed E-state index contributed by atoms with van der Waals surface area (Å²) in [6, 6.07) is 23.4. The van der Waals surface area contributed by atoms with Crippen LogP contribution in [0.3, 0.4) is 0 Å². The molecule has 0 unspecified atom stereocenters. The molecule has 8 nitrogen and oxygen atoms in total. The number of ether oxygens (including phenoxy) is 3. The molecule has 4 aromatic rings. The van der Waals surface area contributed by atoms with E-state index in [2.05, 4.69) is 11.1 Å². The Hall–Kier alpha value is -4.94. The lowest BCUT2D eigenvalue weighted by atomic mass is 9.96. The summed E-state index contributed by atoms with van der Waals surface area (Å²) in [5.74, 6) is 0.805. The molecular weight excluding hydrogens is 550 g/mol. The number of hydrogen-bond donors (Lipinski definition) is 0. The fourth-order valence-corrected chi connectivity index (χ4v) is 5.74. The molecule has 0 saturated heterocycles. The van der Waals surface area contributed by atoms with Gasteiger partial charge in [-0.3, -0.25) is 9.36 Å². The van der Waals surface area contributed by atoms with Crippen molar-refractivity contribution in [3.63, 3.8) is 0 Å². The molecule has 9 heteroatoms. The highest BCUT2D eigenvalue weighted by molar-refractivity contribution is 7.07. The zero-order valence-electron chi connectivity index (χ0n) is 23.7. The number of benzene rings is 3. The van der Waals surface area contributed by atoms with E-state index in [1.165, 1.54) is 11.3 Å². The third kappa shape index (κ3) is 5.90. The van der Waals surface area contributed by atoms with Gasteiger partial charge in [-0.05, 0) is 68.3 Å². The van der Waals surface area contributed by atoms with Crippen LogP contribution in [0.5, 0.6) is 11.5 Å². The molecule has 5 rings (SSSR count). The number of nitrogens with zero attached hydrogens (tertiary/aromatic N) is 3. The van der Waals surface area contributed by atoms with E-state index in [-0.39, 0.29) is 18.3 Å². The third-order valence-corrected chi connectivity index (χ3v) is 7.71. The molecule has 0 N–H and O–H groups in total. The van der Waals surface area contributed by atoms with Gasteiger partial charge < -0.3 is 14.2 Å². The first-order valence-electron chi connectivity index (χ1n) is 13.4. The average Bonchev–Trinajstić information content (AvgIpc) is 3.29. The number of carbonyl (C=O) groups excluding carboxylic acids is 1. The van der Waals surface area contributed by atoms with E-state index in [9.17, 15) is 14.9 Å². The number of aromatic nitrogens is 1. The molecule has 1 aliphatic heterocycles. The Balaban J connectivity index is 1.49. The number of esters is 1. The van der Waals surface area contributed by atoms with Gasteiger partial charge in [0.15, 0.2) is 4.80 Å². The van der Waals surface area contributed by atoms with Crippen LogP contribution in [0.2, 0.25) is 0 Å². The minimum absolute atomic E-state index is 0.254. The van der Waals surface area contributed by atoms with Gasteiger partial charge in [0.25, 0.3) is 5.56 Å². The minimum Gasteiger partial charge on any atom is -0.497 e. The molecule has 1 aromatic heterocycles. The Kier molecular flexibility index (Phi) is 8.36. The van der Waals surface area contributed by atoms with Crippen LogP contribution in [0.4, 0.5) is 0 Å². The van der Waals surface area contributed by atoms with Crippen LogP contribution in [0.1, 0.15) is 49.1 Å². The van der Waals surface area contributed by atoms with E-state index in [1.54, 1.807) is 56.7 Å². The van der Waals surface area contributed by atoms with Crippen LogP contribution in [-0.2, 0) is 16.1 Å². The molecule has 2 heterocycles. The molecule has 1 atom stereocenters. The molecule has 42 heavy (non-hydrogen) atoms. The first-order chi connectivity index (χ1) is 20.3. The van der Waals surface area contributed by atoms with Crippen LogP contribution < -0.4 is 24.4 Å². The molecule has 0 radical (unpaired) electrons. The molecule has 0 fully saturated rings. The van der Waals surface area contributed by atoms with Gasteiger partial charge in [0.1, 0.15) is 18.1 Å². The summed E-state index contributed by atoms with van der Waals surface area (Å²) in [6.07, 6.45) is 1.47. The van der Waals surface area contributed by atoms with Crippen molar-refractivity contribution >= 4 is 23.4 Å². The van der Waals surface area contributed by atoms with Gasteiger partial charge in [-0.25, -0.2) is 9.79 Å². The fourth-order valence-electron chi connectivity index (χ4n) is 4.69. The fraction of sp³-hybridized carbons (Fsp3) is 0.212. The zero-order chi connectivity index (χ0) is 29.8. The normalized spacial score (nSPS) is 14.7. The molecule has 0 spiro atoms. The number of nitriles is 1. The van der Waals surface area contributed by atoms with Crippen molar-refractivity contribution in [2.45, 2.75) is 39.5 Å². The number of allylic oxidation sites excluding steroid dienone is 1. The molecule has 1 aliphatic rings. The van der Waals surface area contributed by atoms with Crippen molar-refractivity contribution in [2.24, 2.45) is 4.99 Å². The van der Waals surface area contributed by atoms with Crippen LogP contribution in [0, 0.1) is 11.3 Å². The first-order valence-corrected chi connectivity index (χ1v) is 14.2. The van der Waals surface area contributed by atoms with Gasteiger partial charge in [0, 0.05) is 5.56 Å². The van der Waals surface area contributed by atoms with Gasteiger partial charge in [0.2, 0.25) is 0 Å². The van der Waals surface area contributed by atoms with E-state index in [1.807, 2.05) is 54.6 Å². The lowest BCUT2D eigenvalue weighted by Gasteiger charge is -2.25. The molecule has 0 amide bonds. The number of hydrogen-bond acceptors (Lipinski definition) is 8. The molecule has 0 saturated carbocycles. The number of methoxy groups -OCH3 is 1. The van der Waals surface area contributed by atoms with Crippen LogP contribution in [-0.4, -0.2) is 23.8 Å². The maximum Gasteiger partial charge on any atom is 0.338 e. The average molecular weight is 580 g/mol. The Labute approximate surface area is 247 Å². The second-order valence-corrected chi connectivity index (χ2v) is 10.9. The highest BCUT2D eigenvalue weighted by atomic mass is 32.1. The zero-order valence-corrected chi connectivity index (χ0v) is 24.5. The molecule has 0 bridgehead atoms. The van der Waals surface area contributed by atoms with Gasteiger partial charge in [-0.15, -0.1) is 0 Å². The Morgan fingerprint density at radius 2 is 1.76 bits per heavy atom. The largest absolute Gasteiger partial charge is 0.497 e. The Morgan fingerprint density at radius 3 is 2.43 bits per heavy atom. The maximum atomic E-state index is 13.8. The summed E-state index contributed by atoms with van der Waals surface area (Å²) in [4.78, 5) is 32.2. The van der Waals surface area contributed by atoms with E-state index in [0.717, 1.165) is 16.7 Å². The molecular formula is C33H29N3O5S. The van der Waals surface area contributed by atoms with E-state index >= 15 is 0 Å². The second kappa shape index (κ2) is 12.3. The van der Waals surface area contributed by atoms with E-state index < -0.39 is 12.0 Å². The number of fused-ring (bicyclic) bond motifs is 1. The predicted octanol–water partition coefficient (Wildman–Crippen LogP) is 4.65. The van der Waals surface area contributed by atoms with Gasteiger partial charge in [-0.2, -0.15) is 5.26 Å². The van der Waals surface area contributed by atoms with Crippen molar-refractivity contribution in [1.82, 2.24) is 4.57 Å². The Bertz CT molecular complexity index is 1880. The monoisotopic (exact) mass is 579 g/mol. The number of rotatable bonds is 8. The summed E-state index contributed by atoms with van der Waals surface area (Å²) >= 11 is 1.27.